The van der Waals surface area contributed by atoms with Crippen LogP contribution in [0.1, 0.15) is 12.0 Å². The molecule has 0 aliphatic carbocycles. The van der Waals surface area contributed by atoms with Gasteiger partial charge in [-0.05, 0) is 6.07 Å². The first kappa shape index (κ1) is 12.6. The number of hydrogen-bond donors (Lipinski definition) is 2. The topological polar surface area (TPSA) is 112 Å². The van der Waals surface area contributed by atoms with E-state index in [4.69, 9.17) is 11.5 Å². The van der Waals surface area contributed by atoms with E-state index >= 15 is 0 Å². The Morgan fingerprint density at radius 2 is 2.18 bits per heavy atom. The van der Waals surface area contributed by atoms with E-state index < -0.39 is 22.3 Å². The fourth-order valence-electron chi connectivity index (χ4n) is 1.22. The average Bonchev–Trinajstić information content (AvgIpc) is 2.21. The van der Waals surface area contributed by atoms with Crippen molar-refractivity contribution in [2.75, 3.05) is 5.73 Å². The number of nitrogens with two attached hydrogens (primary N) is 2. The van der Waals surface area contributed by atoms with Gasteiger partial charge in [-0.15, -0.1) is 0 Å². The van der Waals surface area contributed by atoms with Crippen LogP contribution in [-0.4, -0.2) is 10.8 Å². The number of nitrogens with zero attached hydrogens (tertiary/aromatic N) is 1. The molecule has 1 aromatic rings. The zero-order valence-corrected chi connectivity index (χ0v) is 8.72. The lowest BCUT2D eigenvalue weighted by molar-refractivity contribution is -0.384. The van der Waals surface area contributed by atoms with Gasteiger partial charge in [0.2, 0.25) is 5.91 Å². The summed E-state index contributed by atoms with van der Waals surface area (Å²) in [5, 5.41) is 10.6. The molecule has 0 radical (unpaired) electrons. The number of nitro benzene ring substituents is 1. The van der Waals surface area contributed by atoms with E-state index in [-0.39, 0.29) is 17.7 Å². The fourth-order valence-corrected chi connectivity index (χ4v) is 1.22. The standard InChI is InChI=1S/C10H10FN3O3/c11-7-4-6(2-1-3-9(12)15)10(13)8(5-7)14(16)17/h1-2,4-5H,3,13H2,(H2,12,15). The average molecular weight is 239 g/mol. The molecule has 1 amide bonds. The first-order valence-electron chi connectivity index (χ1n) is 4.60. The van der Waals surface area contributed by atoms with Gasteiger partial charge >= 0.3 is 0 Å². The van der Waals surface area contributed by atoms with Gasteiger partial charge in [0.25, 0.3) is 5.69 Å². The van der Waals surface area contributed by atoms with Gasteiger partial charge in [-0.25, -0.2) is 4.39 Å². The molecule has 0 aromatic heterocycles. The summed E-state index contributed by atoms with van der Waals surface area (Å²) in [7, 11) is 0. The van der Waals surface area contributed by atoms with Gasteiger partial charge in [0.1, 0.15) is 11.5 Å². The van der Waals surface area contributed by atoms with Crippen LogP contribution in [0.5, 0.6) is 0 Å². The van der Waals surface area contributed by atoms with Gasteiger partial charge in [0.05, 0.1) is 11.0 Å². The third kappa shape index (κ3) is 3.26. The summed E-state index contributed by atoms with van der Waals surface area (Å²) < 4.78 is 13.1. The normalized spacial score (nSPS) is 10.6. The molecule has 0 atom stereocenters. The van der Waals surface area contributed by atoms with Crippen LogP contribution in [0.4, 0.5) is 15.8 Å². The fraction of sp³-hybridized carbons (Fsp3) is 0.100. The Hall–Kier alpha value is -2.44. The van der Waals surface area contributed by atoms with Crippen molar-refractivity contribution in [3.05, 3.63) is 39.7 Å². The third-order valence-electron chi connectivity index (χ3n) is 1.97. The predicted octanol–water partition coefficient (Wildman–Crippen LogP) is 1.20. The van der Waals surface area contributed by atoms with Crippen molar-refractivity contribution < 1.29 is 14.1 Å². The van der Waals surface area contributed by atoms with Gasteiger partial charge in [0, 0.05) is 12.0 Å². The Balaban J connectivity index is 3.11. The number of benzene rings is 1. The van der Waals surface area contributed by atoms with Gasteiger partial charge in [-0.3, -0.25) is 14.9 Å². The Labute approximate surface area is 95.9 Å². The first-order chi connectivity index (χ1) is 7.91. The molecule has 4 N–H and O–H groups in total. The molecule has 0 saturated carbocycles. The largest absolute Gasteiger partial charge is 0.393 e. The molecule has 1 rings (SSSR count). The maximum Gasteiger partial charge on any atom is 0.295 e. The number of primary amides is 1. The van der Waals surface area contributed by atoms with E-state index in [1.807, 2.05) is 0 Å². The Kier molecular flexibility index (Phi) is 3.76. The molecule has 7 heteroatoms. The minimum atomic E-state index is -0.774. The zero-order chi connectivity index (χ0) is 13.0. The third-order valence-corrected chi connectivity index (χ3v) is 1.97. The maximum absolute atomic E-state index is 13.1. The highest BCUT2D eigenvalue weighted by Crippen LogP contribution is 2.27. The smallest absolute Gasteiger partial charge is 0.295 e. The lowest BCUT2D eigenvalue weighted by Gasteiger charge is -2.02. The van der Waals surface area contributed by atoms with Gasteiger partial charge in [-0.2, -0.15) is 0 Å². The summed E-state index contributed by atoms with van der Waals surface area (Å²) >= 11 is 0. The highest BCUT2D eigenvalue weighted by molar-refractivity contribution is 5.78. The SMILES string of the molecule is NC(=O)CC=Cc1cc(F)cc([N+](=O)[O-])c1N. The lowest BCUT2D eigenvalue weighted by Crippen LogP contribution is -2.08. The van der Waals surface area contributed by atoms with Crippen LogP contribution in [0.3, 0.4) is 0 Å². The number of carbonyl (C=O) groups is 1. The number of halogens is 1. The summed E-state index contributed by atoms with van der Waals surface area (Å²) in [5.41, 5.74) is 9.86. The Morgan fingerprint density at radius 3 is 2.71 bits per heavy atom. The van der Waals surface area contributed by atoms with Crippen LogP contribution in [0.25, 0.3) is 6.08 Å². The van der Waals surface area contributed by atoms with Crippen molar-refractivity contribution in [3.63, 3.8) is 0 Å². The number of carbonyl (C=O) groups excluding carboxylic acids is 1. The highest BCUT2D eigenvalue weighted by atomic mass is 19.1. The van der Waals surface area contributed by atoms with Crippen LogP contribution >= 0.6 is 0 Å². The quantitative estimate of drug-likeness (QED) is 0.467. The van der Waals surface area contributed by atoms with Crippen LogP contribution in [-0.2, 0) is 4.79 Å². The van der Waals surface area contributed by atoms with Crippen LogP contribution < -0.4 is 11.5 Å². The number of rotatable bonds is 4. The van der Waals surface area contributed by atoms with Gasteiger partial charge in [0.15, 0.2) is 0 Å². The van der Waals surface area contributed by atoms with E-state index in [0.717, 1.165) is 12.1 Å². The Morgan fingerprint density at radius 1 is 1.53 bits per heavy atom. The van der Waals surface area contributed by atoms with E-state index in [0.29, 0.717) is 0 Å². The number of anilines is 1. The monoisotopic (exact) mass is 239 g/mol. The second-order valence-corrected chi connectivity index (χ2v) is 3.26. The van der Waals surface area contributed by atoms with Gasteiger partial charge < -0.3 is 11.5 Å². The molecular formula is C10H10FN3O3. The molecule has 17 heavy (non-hydrogen) atoms. The van der Waals surface area contributed by atoms with E-state index in [1.165, 1.54) is 12.2 Å². The molecule has 0 saturated heterocycles. The molecule has 0 spiro atoms. The molecule has 0 heterocycles. The minimum Gasteiger partial charge on any atom is -0.393 e. The summed E-state index contributed by atoms with van der Waals surface area (Å²) in [5.74, 6) is -1.34. The van der Waals surface area contributed by atoms with Crippen molar-refractivity contribution in [3.8, 4) is 0 Å². The van der Waals surface area contributed by atoms with Crippen molar-refractivity contribution in [2.24, 2.45) is 5.73 Å². The Bertz CT molecular complexity index is 500. The van der Waals surface area contributed by atoms with E-state index in [9.17, 15) is 19.3 Å². The zero-order valence-electron chi connectivity index (χ0n) is 8.72. The van der Waals surface area contributed by atoms with Crippen LogP contribution in [0, 0.1) is 15.9 Å². The molecular weight excluding hydrogens is 229 g/mol. The highest BCUT2D eigenvalue weighted by Gasteiger charge is 2.15. The first-order valence-corrected chi connectivity index (χ1v) is 4.60. The lowest BCUT2D eigenvalue weighted by atomic mass is 10.1. The number of nitrogen functional groups attached to an aromatic ring is 1. The number of hydrogen-bond acceptors (Lipinski definition) is 4. The molecule has 0 aliphatic heterocycles. The summed E-state index contributed by atoms with van der Waals surface area (Å²) in [6, 6.07) is 1.78. The number of amides is 1. The summed E-state index contributed by atoms with van der Waals surface area (Å²) in [4.78, 5) is 20.3. The molecule has 0 unspecified atom stereocenters. The van der Waals surface area contributed by atoms with Crippen molar-refractivity contribution in [1.82, 2.24) is 0 Å². The van der Waals surface area contributed by atoms with Crippen molar-refractivity contribution in [1.29, 1.82) is 0 Å². The minimum absolute atomic E-state index is 0.0518. The van der Waals surface area contributed by atoms with E-state index in [2.05, 4.69) is 0 Å². The van der Waals surface area contributed by atoms with E-state index in [1.54, 1.807) is 0 Å². The van der Waals surface area contributed by atoms with Crippen molar-refractivity contribution in [2.45, 2.75) is 6.42 Å². The summed E-state index contributed by atoms with van der Waals surface area (Å²) in [6.45, 7) is 0. The predicted molar refractivity (Wildman–Crippen MR) is 60.3 cm³/mol. The van der Waals surface area contributed by atoms with Crippen LogP contribution in [0.15, 0.2) is 18.2 Å². The molecule has 6 nitrogen and oxygen atoms in total. The molecule has 1 aromatic carbocycles. The molecule has 0 aliphatic rings. The molecule has 0 bridgehead atoms. The van der Waals surface area contributed by atoms with Crippen LogP contribution in [0.2, 0.25) is 0 Å². The molecule has 90 valence electrons. The maximum atomic E-state index is 13.1. The second-order valence-electron chi connectivity index (χ2n) is 3.26. The van der Waals surface area contributed by atoms with Gasteiger partial charge in [-0.1, -0.05) is 12.2 Å². The summed E-state index contributed by atoms with van der Waals surface area (Å²) in [6.07, 6.45) is 2.62. The molecule has 0 fully saturated rings. The van der Waals surface area contributed by atoms with Crippen molar-refractivity contribution >= 4 is 23.4 Å². The number of nitro groups is 1. The second kappa shape index (κ2) is 5.06.